The van der Waals surface area contributed by atoms with Crippen LogP contribution in [-0.4, -0.2) is 22.8 Å². The highest BCUT2D eigenvalue weighted by Crippen LogP contribution is 2.25. The largest absolute Gasteiger partial charge is 0.340 e. The smallest absolute Gasteiger partial charge is 0.251 e. The molecule has 5 nitrogen and oxygen atoms in total. The van der Waals surface area contributed by atoms with E-state index in [-0.39, 0.29) is 23.1 Å². The monoisotopic (exact) mass is 423 g/mol. The minimum absolute atomic E-state index is 0.0209. The molecule has 0 aliphatic rings. The van der Waals surface area contributed by atoms with E-state index in [9.17, 15) is 9.59 Å². The summed E-state index contributed by atoms with van der Waals surface area (Å²) in [6, 6.07) is 12.6. The highest BCUT2D eigenvalue weighted by atomic mass is 32.1. The number of amides is 2. The van der Waals surface area contributed by atoms with Crippen molar-refractivity contribution < 1.29 is 9.59 Å². The second-order valence-corrected chi connectivity index (χ2v) is 10.2. The number of thiazole rings is 1. The van der Waals surface area contributed by atoms with Gasteiger partial charge in [0.15, 0.2) is 0 Å². The molecule has 1 atom stereocenters. The van der Waals surface area contributed by atoms with Gasteiger partial charge in [0, 0.05) is 11.3 Å². The minimum Gasteiger partial charge on any atom is -0.340 e. The number of carbonyl (C=O) groups excluding carboxylic acids is 2. The van der Waals surface area contributed by atoms with Gasteiger partial charge < -0.3 is 10.6 Å². The van der Waals surface area contributed by atoms with Gasteiger partial charge in [0.1, 0.15) is 6.04 Å². The Morgan fingerprint density at radius 2 is 1.70 bits per heavy atom. The van der Waals surface area contributed by atoms with Crippen molar-refractivity contribution in [3.05, 3.63) is 58.6 Å². The predicted octanol–water partition coefficient (Wildman–Crippen LogP) is 5.30. The number of nitrogens with zero attached hydrogens (tertiary/aromatic N) is 1. The summed E-state index contributed by atoms with van der Waals surface area (Å²) >= 11 is 1.59. The summed E-state index contributed by atoms with van der Waals surface area (Å²) in [6.07, 6.45) is 0. The number of nitrogens with one attached hydrogen (secondary N) is 2. The predicted molar refractivity (Wildman–Crippen MR) is 124 cm³/mol. The number of benzene rings is 2. The van der Waals surface area contributed by atoms with Crippen LogP contribution in [0.1, 0.15) is 55.5 Å². The molecule has 3 aromatic rings. The molecular formula is C24H29N3O2S. The van der Waals surface area contributed by atoms with Crippen molar-refractivity contribution in [1.29, 1.82) is 0 Å². The zero-order valence-electron chi connectivity index (χ0n) is 18.4. The van der Waals surface area contributed by atoms with Crippen molar-refractivity contribution >= 4 is 39.1 Å². The lowest BCUT2D eigenvalue weighted by Gasteiger charge is -2.22. The van der Waals surface area contributed by atoms with Crippen LogP contribution < -0.4 is 10.6 Å². The Kier molecular flexibility index (Phi) is 6.27. The van der Waals surface area contributed by atoms with Crippen LogP contribution in [0.2, 0.25) is 0 Å². The fourth-order valence-corrected chi connectivity index (χ4v) is 4.09. The third-order valence-corrected chi connectivity index (χ3v) is 5.95. The number of aryl methyl sites for hydroxylation is 1. The Bertz CT molecular complexity index is 1060. The molecule has 0 fully saturated rings. The van der Waals surface area contributed by atoms with Crippen LogP contribution in [0.25, 0.3) is 10.2 Å². The molecule has 0 saturated carbocycles. The molecule has 0 bridgehead atoms. The Labute approximate surface area is 181 Å². The third-order valence-electron chi connectivity index (χ3n) is 5.01. The van der Waals surface area contributed by atoms with E-state index >= 15 is 0 Å². The van der Waals surface area contributed by atoms with Gasteiger partial charge in [-0.3, -0.25) is 9.59 Å². The molecule has 0 spiro atoms. The van der Waals surface area contributed by atoms with Gasteiger partial charge in [0.2, 0.25) is 5.91 Å². The number of anilines is 1. The number of rotatable bonds is 5. The number of hydrogen-bond donors (Lipinski definition) is 2. The molecule has 1 aromatic heterocycles. The Balaban J connectivity index is 1.72. The zero-order chi connectivity index (χ0) is 22.1. The highest BCUT2D eigenvalue weighted by Gasteiger charge is 2.25. The SMILES string of the molecule is Cc1nc2ccc(NC(=O)C(NC(=O)c3ccc(C(C)(C)C)cc3)C(C)C)cc2s1. The van der Waals surface area contributed by atoms with Crippen LogP contribution in [0.15, 0.2) is 42.5 Å². The molecule has 6 heteroatoms. The number of hydrogen-bond acceptors (Lipinski definition) is 4. The average molecular weight is 424 g/mol. The Morgan fingerprint density at radius 3 is 2.30 bits per heavy atom. The van der Waals surface area contributed by atoms with Gasteiger partial charge in [0.05, 0.1) is 15.2 Å². The third kappa shape index (κ3) is 5.05. The van der Waals surface area contributed by atoms with Crippen LogP contribution in [-0.2, 0) is 10.2 Å². The summed E-state index contributed by atoms with van der Waals surface area (Å²) in [6.45, 7) is 12.2. The maximum Gasteiger partial charge on any atom is 0.251 e. The first-order valence-corrected chi connectivity index (χ1v) is 11.0. The van der Waals surface area contributed by atoms with Gasteiger partial charge >= 0.3 is 0 Å². The van der Waals surface area contributed by atoms with E-state index in [1.165, 1.54) is 0 Å². The van der Waals surface area contributed by atoms with E-state index in [1.807, 2.05) is 63.2 Å². The number of aromatic nitrogens is 1. The standard InChI is InChI=1S/C24H29N3O2S/c1-14(2)21(27-22(28)16-7-9-17(10-8-16)24(4,5)6)23(29)26-18-11-12-19-20(13-18)30-15(3)25-19/h7-14,21H,1-6H3,(H,26,29)(H,27,28). The van der Waals surface area contributed by atoms with Gasteiger partial charge in [-0.05, 0) is 54.2 Å². The van der Waals surface area contributed by atoms with E-state index < -0.39 is 6.04 Å². The lowest BCUT2D eigenvalue weighted by Crippen LogP contribution is -2.47. The van der Waals surface area contributed by atoms with E-state index in [1.54, 1.807) is 11.3 Å². The van der Waals surface area contributed by atoms with Crippen LogP contribution in [0.5, 0.6) is 0 Å². The molecular weight excluding hydrogens is 394 g/mol. The summed E-state index contributed by atoms with van der Waals surface area (Å²) in [7, 11) is 0. The lowest BCUT2D eigenvalue weighted by molar-refractivity contribution is -0.118. The van der Waals surface area contributed by atoms with Gasteiger partial charge in [-0.25, -0.2) is 4.98 Å². The van der Waals surface area contributed by atoms with Gasteiger partial charge in [0.25, 0.3) is 5.91 Å². The summed E-state index contributed by atoms with van der Waals surface area (Å²) in [5.41, 5.74) is 3.34. The van der Waals surface area contributed by atoms with E-state index in [0.717, 1.165) is 20.8 Å². The summed E-state index contributed by atoms with van der Waals surface area (Å²) in [5, 5.41) is 6.81. The van der Waals surface area contributed by atoms with Gasteiger partial charge in [-0.15, -0.1) is 11.3 Å². The molecule has 3 rings (SSSR count). The fraction of sp³-hybridized carbons (Fsp3) is 0.375. The molecule has 158 valence electrons. The molecule has 1 heterocycles. The molecule has 1 unspecified atom stereocenters. The maximum atomic E-state index is 12.9. The van der Waals surface area contributed by atoms with Crippen molar-refractivity contribution in [2.45, 2.75) is 53.0 Å². The van der Waals surface area contributed by atoms with E-state index in [4.69, 9.17) is 0 Å². The number of carbonyl (C=O) groups is 2. The van der Waals surface area contributed by atoms with Crippen LogP contribution in [0.3, 0.4) is 0 Å². The summed E-state index contributed by atoms with van der Waals surface area (Å²) in [5.74, 6) is -0.541. The first kappa shape index (κ1) is 22.0. The fourth-order valence-electron chi connectivity index (χ4n) is 3.22. The molecule has 2 N–H and O–H groups in total. The van der Waals surface area contributed by atoms with Gasteiger partial charge in [-0.2, -0.15) is 0 Å². The second-order valence-electron chi connectivity index (χ2n) is 8.93. The molecule has 0 aliphatic heterocycles. The maximum absolute atomic E-state index is 12.9. The first-order chi connectivity index (χ1) is 14.0. The van der Waals surface area contributed by atoms with E-state index in [0.29, 0.717) is 11.3 Å². The molecule has 2 aromatic carbocycles. The lowest BCUT2D eigenvalue weighted by atomic mass is 9.86. The highest BCUT2D eigenvalue weighted by molar-refractivity contribution is 7.18. The average Bonchev–Trinajstić information content (AvgIpc) is 3.04. The second kappa shape index (κ2) is 8.56. The molecule has 0 radical (unpaired) electrons. The Hall–Kier alpha value is -2.73. The number of fused-ring (bicyclic) bond motifs is 1. The normalized spacial score (nSPS) is 12.8. The molecule has 0 aliphatic carbocycles. The van der Waals surface area contributed by atoms with Crippen molar-refractivity contribution in [1.82, 2.24) is 10.3 Å². The van der Waals surface area contributed by atoms with Crippen molar-refractivity contribution in [2.75, 3.05) is 5.32 Å². The Morgan fingerprint density at radius 1 is 1.03 bits per heavy atom. The summed E-state index contributed by atoms with van der Waals surface area (Å²) < 4.78 is 1.02. The summed E-state index contributed by atoms with van der Waals surface area (Å²) in [4.78, 5) is 30.1. The van der Waals surface area contributed by atoms with Crippen molar-refractivity contribution in [3.63, 3.8) is 0 Å². The minimum atomic E-state index is -0.640. The molecule has 2 amide bonds. The van der Waals surface area contributed by atoms with Gasteiger partial charge in [-0.1, -0.05) is 46.8 Å². The molecule has 30 heavy (non-hydrogen) atoms. The zero-order valence-corrected chi connectivity index (χ0v) is 19.2. The van der Waals surface area contributed by atoms with Crippen LogP contribution in [0, 0.1) is 12.8 Å². The van der Waals surface area contributed by atoms with Crippen LogP contribution in [0.4, 0.5) is 5.69 Å². The van der Waals surface area contributed by atoms with Crippen LogP contribution >= 0.6 is 11.3 Å². The van der Waals surface area contributed by atoms with E-state index in [2.05, 4.69) is 36.4 Å². The first-order valence-electron chi connectivity index (χ1n) is 10.1. The van der Waals surface area contributed by atoms with Crippen molar-refractivity contribution in [2.24, 2.45) is 5.92 Å². The topological polar surface area (TPSA) is 71.1 Å². The molecule has 0 saturated heterocycles. The van der Waals surface area contributed by atoms with Crippen molar-refractivity contribution in [3.8, 4) is 0 Å². The quantitative estimate of drug-likeness (QED) is 0.585.